The summed E-state index contributed by atoms with van der Waals surface area (Å²) in [6, 6.07) is 18.4. The topological polar surface area (TPSA) is 116 Å². The monoisotopic (exact) mass is 605 g/mol. The maximum Gasteiger partial charge on any atom is 0.284 e. The highest BCUT2D eigenvalue weighted by Gasteiger charge is 2.23. The first-order valence-electron chi connectivity index (χ1n) is 12.0. The highest BCUT2D eigenvalue weighted by Crippen LogP contribution is 2.32. The summed E-state index contributed by atoms with van der Waals surface area (Å²) in [7, 11) is -2.34. The number of nitrogens with zero attached hydrogens (tertiary/aromatic N) is 4. The molecule has 0 saturated heterocycles. The van der Waals surface area contributed by atoms with Gasteiger partial charge in [-0.2, -0.15) is 13.5 Å². The molecule has 0 aliphatic carbocycles. The van der Waals surface area contributed by atoms with E-state index in [0.717, 1.165) is 15.2 Å². The molecule has 0 saturated carbocycles. The summed E-state index contributed by atoms with van der Waals surface area (Å²) in [5, 5.41) is 7.14. The van der Waals surface area contributed by atoms with E-state index in [-0.39, 0.29) is 27.0 Å². The van der Waals surface area contributed by atoms with E-state index in [1.807, 2.05) is 19.9 Å². The number of carbonyl (C=O) groups is 1. The van der Waals surface area contributed by atoms with Gasteiger partial charge in [0, 0.05) is 18.2 Å². The normalized spacial score (nSPS) is 12.4. The third kappa shape index (κ3) is 4.79. The zero-order chi connectivity index (χ0) is 27.9. The molecule has 0 bridgehead atoms. The molecule has 1 amide bonds. The molecule has 0 aliphatic heterocycles. The van der Waals surface area contributed by atoms with E-state index in [1.165, 1.54) is 17.1 Å². The predicted molar refractivity (Wildman–Crippen MR) is 152 cm³/mol. The number of nitrogens with one attached hydrogen (secondary N) is 1. The number of hydrogen-bond acceptors (Lipinski definition) is 6. The number of benzene rings is 3. The summed E-state index contributed by atoms with van der Waals surface area (Å²) in [6.07, 6.45) is 2.94. The zero-order valence-electron chi connectivity index (χ0n) is 21.3. The Labute approximate surface area is 233 Å². The van der Waals surface area contributed by atoms with Gasteiger partial charge in [0.15, 0.2) is 0 Å². The summed E-state index contributed by atoms with van der Waals surface area (Å²) in [5.41, 5.74) is 3.66. The number of amides is 1. The van der Waals surface area contributed by atoms with Crippen LogP contribution in [0.5, 0.6) is 0 Å². The third-order valence-corrected chi connectivity index (χ3v) is 9.20. The number of carbonyl (C=O) groups excluding carboxylic acids is 1. The van der Waals surface area contributed by atoms with Gasteiger partial charge >= 0.3 is 0 Å². The fraction of sp³-hybridized carbons (Fsp3) is 0.143. The van der Waals surface area contributed by atoms with Gasteiger partial charge in [-0.3, -0.25) is 14.2 Å². The number of aryl methyl sites for hydroxylation is 1. The third-order valence-electron chi connectivity index (χ3n) is 6.60. The van der Waals surface area contributed by atoms with Crippen molar-refractivity contribution in [3.63, 3.8) is 0 Å². The predicted octanol–water partition coefficient (Wildman–Crippen LogP) is 4.54. The Balaban J connectivity index is 1.50. The zero-order valence-corrected chi connectivity index (χ0v) is 23.7. The van der Waals surface area contributed by atoms with Crippen LogP contribution in [0.2, 0.25) is 0 Å². The fourth-order valence-corrected chi connectivity index (χ4v) is 6.47. The lowest BCUT2D eigenvalue weighted by molar-refractivity contribution is 0.0963. The molecule has 0 unspecified atom stereocenters. The van der Waals surface area contributed by atoms with E-state index in [0.29, 0.717) is 27.6 Å². The second kappa shape index (κ2) is 10.2. The number of hydrogen-bond donors (Lipinski definition) is 1. The van der Waals surface area contributed by atoms with Crippen LogP contribution in [-0.4, -0.2) is 40.1 Å². The Morgan fingerprint density at radius 1 is 1.05 bits per heavy atom. The number of rotatable bonds is 6. The van der Waals surface area contributed by atoms with Crippen molar-refractivity contribution in [1.29, 1.82) is 0 Å². The van der Waals surface area contributed by atoms with Crippen molar-refractivity contribution in [2.75, 3.05) is 7.05 Å². The van der Waals surface area contributed by atoms with Crippen LogP contribution >= 0.6 is 15.9 Å². The van der Waals surface area contributed by atoms with Crippen LogP contribution < -0.4 is 10.9 Å². The van der Waals surface area contributed by atoms with Gasteiger partial charge < -0.3 is 5.32 Å². The van der Waals surface area contributed by atoms with E-state index in [1.54, 1.807) is 67.7 Å². The molecule has 5 aromatic rings. The number of fused-ring (bicyclic) bond motifs is 1. The highest BCUT2D eigenvalue weighted by molar-refractivity contribution is 9.10. The van der Waals surface area contributed by atoms with Gasteiger partial charge in [0.05, 0.1) is 34.4 Å². The second-order valence-corrected chi connectivity index (χ2v) is 11.6. The lowest BCUT2D eigenvalue weighted by Crippen LogP contribution is -2.25. The first-order valence-corrected chi connectivity index (χ1v) is 14.2. The first-order chi connectivity index (χ1) is 18.6. The molecule has 9 nitrogen and oxygen atoms in total. The molecule has 0 radical (unpaired) electrons. The average molecular weight is 607 g/mol. The average Bonchev–Trinajstić information content (AvgIpc) is 3.34. The van der Waals surface area contributed by atoms with Crippen molar-refractivity contribution in [2.24, 2.45) is 0 Å². The van der Waals surface area contributed by atoms with Gasteiger partial charge in [-0.15, -0.1) is 4.09 Å². The summed E-state index contributed by atoms with van der Waals surface area (Å²) in [5.74, 6) is -0.207. The summed E-state index contributed by atoms with van der Waals surface area (Å²) in [4.78, 5) is 30.1. The Bertz CT molecular complexity index is 1900. The van der Waals surface area contributed by atoms with E-state index in [4.69, 9.17) is 0 Å². The minimum Gasteiger partial charge on any atom is -0.355 e. The van der Waals surface area contributed by atoms with Crippen LogP contribution in [0.1, 0.15) is 34.5 Å². The molecule has 11 heteroatoms. The van der Waals surface area contributed by atoms with Crippen molar-refractivity contribution in [1.82, 2.24) is 24.1 Å². The quantitative estimate of drug-likeness (QED) is 0.304. The highest BCUT2D eigenvalue weighted by atomic mass is 79.9. The molecule has 1 N–H and O–H groups in total. The summed E-state index contributed by atoms with van der Waals surface area (Å²) < 4.78 is 29.0. The summed E-state index contributed by atoms with van der Waals surface area (Å²) in [6.45, 7) is 3.75. The van der Waals surface area contributed by atoms with Crippen LogP contribution in [0, 0.1) is 6.92 Å². The van der Waals surface area contributed by atoms with E-state index in [2.05, 4.69) is 31.3 Å². The molecule has 2 heterocycles. The van der Waals surface area contributed by atoms with E-state index >= 15 is 0 Å². The molecular formula is C28H24BrN5O4S. The molecule has 0 aliphatic rings. The van der Waals surface area contributed by atoms with Crippen LogP contribution in [0.15, 0.2) is 93.5 Å². The second-order valence-electron chi connectivity index (χ2n) is 9.08. The van der Waals surface area contributed by atoms with Crippen LogP contribution in [0.4, 0.5) is 0 Å². The maximum absolute atomic E-state index is 13.4. The van der Waals surface area contributed by atoms with Gasteiger partial charge in [0.2, 0.25) is 0 Å². The molecule has 2 aromatic heterocycles. The van der Waals surface area contributed by atoms with Gasteiger partial charge in [-0.05, 0) is 77.3 Å². The van der Waals surface area contributed by atoms with Crippen molar-refractivity contribution in [3.05, 3.63) is 111 Å². The first kappa shape index (κ1) is 26.5. The number of aromatic nitrogens is 4. The van der Waals surface area contributed by atoms with Gasteiger partial charge in [0.1, 0.15) is 4.60 Å². The van der Waals surface area contributed by atoms with Crippen molar-refractivity contribution >= 4 is 42.8 Å². The fourth-order valence-electron chi connectivity index (χ4n) is 4.31. The largest absolute Gasteiger partial charge is 0.355 e. The van der Waals surface area contributed by atoms with Crippen molar-refractivity contribution in [2.45, 2.75) is 24.8 Å². The Hall–Kier alpha value is -4.09. The lowest BCUT2D eigenvalue weighted by atomic mass is 10.0. The maximum atomic E-state index is 13.4. The van der Waals surface area contributed by atoms with Gasteiger partial charge in [-0.1, -0.05) is 35.9 Å². The Morgan fingerprint density at radius 3 is 2.51 bits per heavy atom. The number of halogens is 1. The molecule has 39 heavy (non-hydrogen) atoms. The van der Waals surface area contributed by atoms with E-state index < -0.39 is 10.0 Å². The lowest BCUT2D eigenvalue weighted by Gasteiger charge is -2.16. The molecule has 0 fully saturated rings. The Kier molecular flexibility index (Phi) is 6.96. The van der Waals surface area contributed by atoms with Crippen molar-refractivity contribution < 1.29 is 13.2 Å². The molecule has 0 spiro atoms. The molecular weight excluding hydrogens is 582 g/mol. The summed E-state index contributed by atoms with van der Waals surface area (Å²) >= 11 is 3.40. The SMILES string of the molecule is CNC(=O)c1cccc([C@@H](C)n2cnc3cc(-c4cnn(S(=O)(=O)c5ccc(C)cc5)c4Br)ccc3c2=O)c1. The minimum absolute atomic E-state index is 0.124. The molecule has 3 aromatic carbocycles. The van der Waals surface area contributed by atoms with Crippen LogP contribution in [0.25, 0.3) is 22.0 Å². The van der Waals surface area contributed by atoms with Gasteiger partial charge in [-0.25, -0.2) is 4.98 Å². The molecule has 198 valence electrons. The minimum atomic E-state index is -3.91. The van der Waals surface area contributed by atoms with Crippen LogP contribution in [-0.2, 0) is 10.0 Å². The van der Waals surface area contributed by atoms with Crippen LogP contribution in [0.3, 0.4) is 0 Å². The van der Waals surface area contributed by atoms with E-state index in [9.17, 15) is 18.0 Å². The standard InChI is InChI=1S/C28H24BrN5O4S/c1-17-7-10-22(11-8-17)39(37,38)34-26(29)24(15-32-34)20-9-12-23-25(14-20)31-16-33(28(23)36)18(2)19-5-4-6-21(13-19)27(35)30-3/h4-16,18H,1-3H3,(H,30,35)/t18-/m1/s1. The van der Waals surface area contributed by atoms with Gasteiger partial charge in [0.25, 0.3) is 21.5 Å². The van der Waals surface area contributed by atoms with Crippen molar-refractivity contribution in [3.8, 4) is 11.1 Å². The molecule has 1 atom stereocenters. The molecule has 5 rings (SSSR count). The Morgan fingerprint density at radius 2 is 1.79 bits per heavy atom. The smallest absolute Gasteiger partial charge is 0.284 e.